The summed E-state index contributed by atoms with van der Waals surface area (Å²) in [5, 5.41) is 5.03. The SMILES string of the molecule is CC(=O)N[N+]1(CCCNC(=O)CCc2nc3nc(N4CCCCC4)ccc3s2)CCCC1c1ccc(Cl)c(Cl)c1.Cl. The predicted octanol–water partition coefficient (Wildman–Crippen LogP) is 6.25. The molecule has 0 aliphatic carbocycles. The van der Waals surface area contributed by atoms with Gasteiger partial charge in [-0.3, -0.25) is 9.59 Å². The summed E-state index contributed by atoms with van der Waals surface area (Å²) in [5.41, 5.74) is 5.05. The smallest absolute Gasteiger partial charge is 0.261 e. The van der Waals surface area contributed by atoms with E-state index in [1.807, 2.05) is 18.2 Å². The van der Waals surface area contributed by atoms with Crippen LogP contribution in [-0.2, 0) is 16.0 Å². The number of nitrogens with one attached hydrogen (secondary N) is 2. The summed E-state index contributed by atoms with van der Waals surface area (Å²) in [6, 6.07) is 10.00. The quantitative estimate of drug-likeness (QED) is 0.202. The van der Waals surface area contributed by atoms with Crippen molar-refractivity contribution in [3.8, 4) is 0 Å². The van der Waals surface area contributed by atoms with Crippen LogP contribution in [0.25, 0.3) is 10.3 Å². The van der Waals surface area contributed by atoms with E-state index in [-0.39, 0.29) is 30.3 Å². The number of rotatable bonds is 10. The maximum atomic E-state index is 12.6. The molecule has 2 saturated heterocycles. The van der Waals surface area contributed by atoms with E-state index in [2.05, 4.69) is 27.8 Å². The fourth-order valence-electron chi connectivity index (χ4n) is 6.07. The van der Waals surface area contributed by atoms with Crippen molar-refractivity contribution in [2.75, 3.05) is 37.6 Å². The lowest BCUT2D eigenvalue weighted by molar-refractivity contribution is -0.977. The number of quaternary nitrogens is 1. The molecule has 1 aromatic carbocycles. The summed E-state index contributed by atoms with van der Waals surface area (Å²) >= 11 is 14.1. The molecule has 0 bridgehead atoms. The first-order valence-corrected chi connectivity index (χ1v) is 15.8. The standard InChI is InChI=1S/C29H36Cl2N6O2S.ClH/c1-20(38)35-37(17-5-7-24(37)21-8-9-22(30)23(31)19-21)18-6-14-32-27(39)12-13-28-34-29-25(40-28)10-11-26(33-29)36-15-3-2-4-16-36;/h8-11,19,24H,2-7,12-18H2,1H3,(H-,32,35,38,39);1H/p+1. The summed E-state index contributed by atoms with van der Waals surface area (Å²) in [5.74, 6) is 0.944. The number of likely N-dealkylation sites (tertiary alicyclic amines) is 1. The van der Waals surface area contributed by atoms with E-state index in [0.717, 1.165) is 65.6 Å². The van der Waals surface area contributed by atoms with E-state index in [1.54, 1.807) is 18.3 Å². The van der Waals surface area contributed by atoms with Crippen molar-refractivity contribution in [3.63, 3.8) is 0 Å². The van der Waals surface area contributed by atoms with E-state index in [0.29, 0.717) is 40.6 Å². The molecule has 2 fully saturated rings. The van der Waals surface area contributed by atoms with Crippen LogP contribution in [0.5, 0.6) is 0 Å². The lowest BCUT2D eigenvalue weighted by Crippen LogP contribution is -2.59. The third-order valence-corrected chi connectivity index (χ3v) is 9.73. The van der Waals surface area contributed by atoms with Crippen molar-refractivity contribution in [3.05, 3.63) is 50.9 Å². The zero-order valence-electron chi connectivity index (χ0n) is 23.3. The first-order valence-electron chi connectivity index (χ1n) is 14.2. The topological polar surface area (TPSA) is 87.2 Å². The number of halogens is 3. The largest absolute Gasteiger partial charge is 0.357 e. The van der Waals surface area contributed by atoms with Gasteiger partial charge in [-0.1, -0.05) is 29.3 Å². The Morgan fingerprint density at radius 2 is 1.88 bits per heavy atom. The Hall–Kier alpha value is -2.17. The highest BCUT2D eigenvalue weighted by Crippen LogP contribution is 2.39. The molecule has 222 valence electrons. The Morgan fingerprint density at radius 1 is 1.07 bits per heavy atom. The molecular formula is C29H38Cl3N6O2S+. The summed E-state index contributed by atoms with van der Waals surface area (Å²) in [6.07, 6.45) is 7.37. The van der Waals surface area contributed by atoms with Gasteiger partial charge in [0.25, 0.3) is 5.91 Å². The van der Waals surface area contributed by atoms with Gasteiger partial charge in [0, 0.05) is 64.2 Å². The minimum Gasteiger partial charge on any atom is -0.357 e. The van der Waals surface area contributed by atoms with Crippen LogP contribution in [0.3, 0.4) is 0 Å². The summed E-state index contributed by atoms with van der Waals surface area (Å²) in [6.45, 7) is 5.76. The molecule has 2 N–H and O–H groups in total. The average Bonchev–Trinajstić information content (AvgIpc) is 3.55. The van der Waals surface area contributed by atoms with Gasteiger partial charge in [-0.2, -0.15) is 0 Å². The zero-order chi connectivity index (χ0) is 28.1. The van der Waals surface area contributed by atoms with Crippen LogP contribution in [-0.4, -0.2) is 59.1 Å². The molecule has 41 heavy (non-hydrogen) atoms. The average molecular weight is 641 g/mol. The number of anilines is 1. The Morgan fingerprint density at radius 3 is 2.63 bits per heavy atom. The number of nitrogens with zero attached hydrogens (tertiary/aromatic N) is 4. The molecule has 0 saturated carbocycles. The van der Waals surface area contributed by atoms with Gasteiger partial charge in [0.2, 0.25) is 5.91 Å². The van der Waals surface area contributed by atoms with Crippen molar-refractivity contribution in [1.82, 2.24) is 20.7 Å². The van der Waals surface area contributed by atoms with Crippen LogP contribution in [0, 0.1) is 0 Å². The van der Waals surface area contributed by atoms with Gasteiger partial charge in [-0.05, 0) is 43.5 Å². The number of amides is 2. The van der Waals surface area contributed by atoms with E-state index < -0.39 is 0 Å². The number of piperidine rings is 1. The number of thiazole rings is 1. The number of hydrogen-bond donors (Lipinski definition) is 2. The van der Waals surface area contributed by atoms with Crippen LogP contribution in [0.2, 0.25) is 10.0 Å². The third kappa shape index (κ3) is 7.82. The lowest BCUT2D eigenvalue weighted by Gasteiger charge is -2.39. The van der Waals surface area contributed by atoms with Crippen LogP contribution < -0.4 is 15.6 Å². The van der Waals surface area contributed by atoms with Crippen LogP contribution >= 0.6 is 46.9 Å². The molecule has 5 rings (SSSR count). The van der Waals surface area contributed by atoms with Crippen molar-refractivity contribution in [2.24, 2.45) is 0 Å². The molecule has 3 aromatic rings. The molecule has 2 amide bonds. The maximum Gasteiger partial charge on any atom is 0.261 e. The fourth-order valence-corrected chi connectivity index (χ4v) is 7.28. The number of fused-ring (bicyclic) bond motifs is 1. The Bertz CT molecular complexity index is 1370. The van der Waals surface area contributed by atoms with Crippen molar-refractivity contribution in [2.45, 2.75) is 64.3 Å². The number of benzene rings is 1. The van der Waals surface area contributed by atoms with Gasteiger partial charge >= 0.3 is 0 Å². The van der Waals surface area contributed by atoms with E-state index >= 15 is 0 Å². The predicted molar refractivity (Wildman–Crippen MR) is 169 cm³/mol. The van der Waals surface area contributed by atoms with Gasteiger partial charge in [0.05, 0.1) is 19.8 Å². The molecule has 4 heterocycles. The monoisotopic (exact) mass is 639 g/mol. The second-order valence-corrected chi connectivity index (χ2v) is 12.8. The molecule has 0 radical (unpaired) electrons. The number of aromatic nitrogens is 2. The Kier molecular flexibility index (Phi) is 11.1. The molecule has 2 aliphatic heterocycles. The lowest BCUT2D eigenvalue weighted by atomic mass is 10.0. The molecular weight excluding hydrogens is 603 g/mol. The highest BCUT2D eigenvalue weighted by molar-refractivity contribution is 7.18. The second-order valence-electron chi connectivity index (χ2n) is 10.8. The normalized spacial score (nSPS) is 20.6. The first-order chi connectivity index (χ1) is 19.3. The van der Waals surface area contributed by atoms with Crippen LogP contribution in [0.1, 0.15) is 68.5 Å². The summed E-state index contributed by atoms with van der Waals surface area (Å²) in [4.78, 5) is 36.7. The van der Waals surface area contributed by atoms with Gasteiger partial charge in [-0.15, -0.1) is 23.7 Å². The van der Waals surface area contributed by atoms with Gasteiger partial charge in [-0.25, -0.2) is 20.0 Å². The van der Waals surface area contributed by atoms with Gasteiger partial charge < -0.3 is 10.2 Å². The third-order valence-electron chi connectivity index (χ3n) is 7.92. The molecule has 2 unspecified atom stereocenters. The van der Waals surface area contributed by atoms with Gasteiger partial charge in [0.1, 0.15) is 24.9 Å². The maximum absolute atomic E-state index is 12.6. The summed E-state index contributed by atoms with van der Waals surface area (Å²) < 4.78 is 1.52. The van der Waals surface area contributed by atoms with E-state index in [4.69, 9.17) is 33.2 Å². The highest BCUT2D eigenvalue weighted by atomic mass is 35.5. The van der Waals surface area contributed by atoms with E-state index in [9.17, 15) is 9.59 Å². The molecule has 8 nitrogen and oxygen atoms in total. The molecule has 12 heteroatoms. The molecule has 0 spiro atoms. The molecule has 2 aromatic heterocycles. The minimum absolute atomic E-state index is 0. The van der Waals surface area contributed by atoms with Crippen molar-refractivity contribution < 1.29 is 14.2 Å². The number of aryl methyl sites for hydroxylation is 1. The van der Waals surface area contributed by atoms with Crippen LogP contribution in [0.4, 0.5) is 5.82 Å². The Labute approximate surface area is 261 Å². The van der Waals surface area contributed by atoms with E-state index in [1.165, 1.54) is 19.3 Å². The number of pyridine rings is 1. The van der Waals surface area contributed by atoms with Gasteiger partial charge in [0.15, 0.2) is 5.65 Å². The Balaban J connectivity index is 0.00000387. The first kappa shape index (κ1) is 31.8. The second kappa shape index (κ2) is 14.3. The highest BCUT2D eigenvalue weighted by Gasteiger charge is 2.44. The molecule has 2 aliphatic rings. The fraction of sp³-hybridized carbons (Fsp3) is 0.517. The number of hydrogen-bond acceptors (Lipinski definition) is 6. The molecule has 2 atom stereocenters. The van der Waals surface area contributed by atoms with Crippen LogP contribution in [0.15, 0.2) is 30.3 Å². The summed E-state index contributed by atoms with van der Waals surface area (Å²) in [7, 11) is 0. The minimum atomic E-state index is -0.0654. The zero-order valence-corrected chi connectivity index (χ0v) is 26.5. The van der Waals surface area contributed by atoms with Crippen molar-refractivity contribution >= 4 is 74.9 Å². The number of carbonyl (C=O) groups is 2. The number of carbonyl (C=O) groups excluding carboxylic acids is 2. The van der Waals surface area contributed by atoms with Crippen molar-refractivity contribution in [1.29, 1.82) is 0 Å².